The number of fused-ring (bicyclic) bond motifs is 1. The summed E-state index contributed by atoms with van der Waals surface area (Å²) in [6, 6.07) is 20.1. The Kier molecular flexibility index (Phi) is 4.16. The maximum absolute atomic E-state index is 5.98. The van der Waals surface area contributed by atoms with E-state index in [-0.39, 0.29) is 6.04 Å². The maximum atomic E-state index is 5.98. The van der Waals surface area contributed by atoms with Gasteiger partial charge in [-0.3, -0.25) is 4.40 Å². The van der Waals surface area contributed by atoms with E-state index < -0.39 is 0 Å². The summed E-state index contributed by atoms with van der Waals surface area (Å²) in [5.74, 6) is 0. The molecule has 1 unspecified atom stereocenters. The van der Waals surface area contributed by atoms with Gasteiger partial charge in [0.05, 0.1) is 11.9 Å². The van der Waals surface area contributed by atoms with Crippen molar-refractivity contribution in [1.82, 2.24) is 9.38 Å². The zero-order valence-electron chi connectivity index (χ0n) is 14.3. The molecule has 2 heterocycles. The Labute approximate surface area is 152 Å². The third-order valence-electron chi connectivity index (χ3n) is 4.62. The van der Waals surface area contributed by atoms with Crippen LogP contribution < -0.4 is 17.2 Å². The van der Waals surface area contributed by atoms with Gasteiger partial charge in [0.2, 0.25) is 0 Å². The summed E-state index contributed by atoms with van der Waals surface area (Å²) in [6.45, 7) is 0.437. The monoisotopic (exact) mass is 343 g/mol. The van der Waals surface area contributed by atoms with Crippen molar-refractivity contribution in [1.29, 1.82) is 0 Å². The lowest BCUT2D eigenvalue weighted by molar-refractivity contribution is 0.737. The van der Waals surface area contributed by atoms with Crippen LogP contribution in [0.5, 0.6) is 0 Å². The molecule has 2 aromatic heterocycles. The Hall–Kier alpha value is -3.15. The zero-order valence-corrected chi connectivity index (χ0v) is 14.3. The molecule has 0 fully saturated rings. The highest BCUT2D eigenvalue weighted by Crippen LogP contribution is 2.26. The van der Waals surface area contributed by atoms with E-state index in [4.69, 9.17) is 17.2 Å². The van der Waals surface area contributed by atoms with Gasteiger partial charge in [0.15, 0.2) is 0 Å². The van der Waals surface area contributed by atoms with Crippen molar-refractivity contribution in [2.45, 2.75) is 6.04 Å². The summed E-state index contributed by atoms with van der Waals surface area (Å²) in [5, 5.41) is 0. The first-order chi connectivity index (χ1) is 12.7. The van der Waals surface area contributed by atoms with E-state index in [2.05, 4.69) is 33.7 Å². The van der Waals surface area contributed by atoms with Gasteiger partial charge in [-0.15, -0.1) is 0 Å². The fourth-order valence-electron chi connectivity index (χ4n) is 3.13. The van der Waals surface area contributed by atoms with Gasteiger partial charge in [-0.25, -0.2) is 4.98 Å². The van der Waals surface area contributed by atoms with E-state index in [0.717, 1.165) is 39.3 Å². The van der Waals surface area contributed by atoms with Crippen LogP contribution in [0.25, 0.3) is 28.0 Å². The standard InChI is InChI=1S/C21H21N5/c22-12-19(24)15-6-4-14(5-7-15)16-8-9-26-20(13-25-21(26)11-16)17-2-1-3-18(23)10-17/h1-11,13,19H,12,22-24H2. The zero-order chi connectivity index (χ0) is 18.1. The van der Waals surface area contributed by atoms with Crippen molar-refractivity contribution in [3.63, 3.8) is 0 Å². The summed E-state index contributed by atoms with van der Waals surface area (Å²) in [6.07, 6.45) is 3.91. The fourth-order valence-corrected chi connectivity index (χ4v) is 3.13. The molecule has 0 bridgehead atoms. The highest BCUT2D eigenvalue weighted by molar-refractivity contribution is 5.72. The third kappa shape index (κ3) is 2.94. The van der Waals surface area contributed by atoms with Gasteiger partial charge in [0.25, 0.3) is 0 Å². The molecule has 0 aliphatic heterocycles. The smallest absolute Gasteiger partial charge is 0.137 e. The van der Waals surface area contributed by atoms with Crippen LogP contribution in [0.3, 0.4) is 0 Å². The van der Waals surface area contributed by atoms with Gasteiger partial charge in [-0.1, -0.05) is 36.4 Å². The number of nitrogens with zero attached hydrogens (tertiary/aromatic N) is 2. The fraction of sp³-hybridized carbons (Fsp3) is 0.0952. The Morgan fingerprint density at radius 1 is 0.923 bits per heavy atom. The van der Waals surface area contributed by atoms with E-state index >= 15 is 0 Å². The lowest BCUT2D eigenvalue weighted by atomic mass is 10.0. The molecule has 0 saturated heterocycles. The lowest BCUT2D eigenvalue weighted by Gasteiger charge is -2.10. The van der Waals surface area contributed by atoms with Crippen molar-refractivity contribution in [3.05, 3.63) is 78.6 Å². The molecular weight excluding hydrogens is 322 g/mol. The predicted octanol–water partition coefficient (Wildman–Crippen LogP) is 3.21. The van der Waals surface area contributed by atoms with E-state index in [1.807, 2.05) is 48.8 Å². The number of imidazole rings is 1. The van der Waals surface area contributed by atoms with Crippen molar-refractivity contribution in [2.75, 3.05) is 12.3 Å². The molecule has 0 aliphatic rings. The number of pyridine rings is 1. The van der Waals surface area contributed by atoms with Gasteiger partial charge in [0, 0.05) is 30.0 Å². The molecule has 0 aliphatic carbocycles. The molecule has 2 aromatic carbocycles. The minimum atomic E-state index is -0.125. The molecule has 4 rings (SSSR count). The maximum Gasteiger partial charge on any atom is 0.137 e. The number of nitrogens with two attached hydrogens (primary N) is 3. The summed E-state index contributed by atoms with van der Waals surface area (Å²) in [4.78, 5) is 4.56. The first-order valence-electron chi connectivity index (χ1n) is 8.55. The molecule has 130 valence electrons. The third-order valence-corrected chi connectivity index (χ3v) is 4.62. The molecule has 1 atom stereocenters. The van der Waals surface area contributed by atoms with Crippen molar-refractivity contribution in [3.8, 4) is 22.4 Å². The summed E-state index contributed by atoms with van der Waals surface area (Å²) >= 11 is 0. The molecule has 0 amide bonds. The number of aromatic nitrogens is 2. The van der Waals surface area contributed by atoms with E-state index in [1.165, 1.54) is 0 Å². The van der Waals surface area contributed by atoms with Crippen LogP contribution in [0, 0.1) is 0 Å². The van der Waals surface area contributed by atoms with Gasteiger partial charge < -0.3 is 17.2 Å². The average molecular weight is 343 g/mol. The Morgan fingerprint density at radius 3 is 2.46 bits per heavy atom. The molecule has 5 heteroatoms. The topological polar surface area (TPSA) is 95.4 Å². The molecule has 5 nitrogen and oxygen atoms in total. The second-order valence-electron chi connectivity index (χ2n) is 6.38. The minimum Gasteiger partial charge on any atom is -0.399 e. The minimum absolute atomic E-state index is 0.125. The second-order valence-corrected chi connectivity index (χ2v) is 6.38. The van der Waals surface area contributed by atoms with E-state index in [0.29, 0.717) is 6.54 Å². The lowest BCUT2D eigenvalue weighted by Crippen LogP contribution is -2.20. The number of rotatable bonds is 4. The molecule has 26 heavy (non-hydrogen) atoms. The van der Waals surface area contributed by atoms with E-state index in [1.54, 1.807) is 0 Å². The highest BCUT2D eigenvalue weighted by atomic mass is 15.0. The van der Waals surface area contributed by atoms with Crippen LogP contribution in [0.15, 0.2) is 73.1 Å². The number of hydrogen-bond acceptors (Lipinski definition) is 4. The van der Waals surface area contributed by atoms with Crippen LogP contribution in [-0.4, -0.2) is 15.9 Å². The van der Waals surface area contributed by atoms with Gasteiger partial charge in [0.1, 0.15) is 5.65 Å². The number of anilines is 1. The Balaban J connectivity index is 1.71. The Bertz CT molecular complexity index is 1050. The van der Waals surface area contributed by atoms with Crippen LogP contribution in [0.1, 0.15) is 11.6 Å². The molecule has 0 spiro atoms. The normalized spacial score (nSPS) is 12.4. The van der Waals surface area contributed by atoms with Crippen molar-refractivity contribution in [2.24, 2.45) is 11.5 Å². The highest BCUT2D eigenvalue weighted by Gasteiger charge is 2.08. The number of hydrogen-bond donors (Lipinski definition) is 3. The second kappa shape index (κ2) is 6.63. The molecule has 4 aromatic rings. The molecule has 6 N–H and O–H groups in total. The number of nitrogen functional groups attached to an aromatic ring is 1. The summed E-state index contributed by atoms with van der Waals surface area (Å²) < 4.78 is 2.07. The van der Waals surface area contributed by atoms with Crippen LogP contribution in [0.2, 0.25) is 0 Å². The van der Waals surface area contributed by atoms with Crippen LogP contribution >= 0.6 is 0 Å². The van der Waals surface area contributed by atoms with E-state index in [9.17, 15) is 0 Å². The van der Waals surface area contributed by atoms with Crippen LogP contribution in [0.4, 0.5) is 5.69 Å². The van der Waals surface area contributed by atoms with Crippen LogP contribution in [-0.2, 0) is 0 Å². The SMILES string of the molecule is NCC(N)c1ccc(-c2ccn3c(-c4cccc(N)c4)cnc3c2)cc1. The largest absolute Gasteiger partial charge is 0.399 e. The first kappa shape index (κ1) is 16.3. The van der Waals surface area contributed by atoms with Gasteiger partial charge in [-0.2, -0.15) is 0 Å². The summed E-state index contributed by atoms with van der Waals surface area (Å²) in [7, 11) is 0. The van der Waals surface area contributed by atoms with Crippen molar-refractivity contribution < 1.29 is 0 Å². The number of benzene rings is 2. The van der Waals surface area contributed by atoms with Gasteiger partial charge in [-0.05, 0) is 41.0 Å². The molecule has 0 radical (unpaired) electrons. The summed E-state index contributed by atoms with van der Waals surface area (Å²) in [5.41, 5.74) is 24.5. The predicted molar refractivity (Wildman–Crippen MR) is 106 cm³/mol. The molecular formula is C21H21N5. The van der Waals surface area contributed by atoms with Gasteiger partial charge >= 0.3 is 0 Å². The Morgan fingerprint density at radius 2 is 1.73 bits per heavy atom. The molecule has 0 saturated carbocycles. The quantitative estimate of drug-likeness (QED) is 0.496. The van der Waals surface area contributed by atoms with Crippen molar-refractivity contribution >= 4 is 11.3 Å². The average Bonchev–Trinajstić information content (AvgIpc) is 3.10. The first-order valence-corrected chi connectivity index (χ1v) is 8.55.